The molecular formula is C48H30N2. The second kappa shape index (κ2) is 11.5. The third kappa shape index (κ3) is 4.65. The molecule has 0 N–H and O–H groups in total. The maximum Gasteiger partial charge on any atom is 0.160 e. The number of benzene rings is 9. The van der Waals surface area contributed by atoms with Crippen LogP contribution in [0.15, 0.2) is 182 Å². The van der Waals surface area contributed by atoms with Crippen LogP contribution in [-0.2, 0) is 0 Å². The first-order valence-electron chi connectivity index (χ1n) is 17.1. The minimum absolute atomic E-state index is 0.714. The van der Waals surface area contributed by atoms with Crippen LogP contribution in [0.4, 0.5) is 0 Å². The fourth-order valence-corrected chi connectivity index (χ4v) is 7.65. The first-order chi connectivity index (χ1) is 24.8. The van der Waals surface area contributed by atoms with Gasteiger partial charge in [0.1, 0.15) is 0 Å². The molecule has 0 radical (unpaired) electrons. The van der Waals surface area contributed by atoms with Gasteiger partial charge < -0.3 is 0 Å². The zero-order valence-corrected chi connectivity index (χ0v) is 27.2. The van der Waals surface area contributed by atoms with E-state index in [2.05, 4.69) is 164 Å². The smallest absolute Gasteiger partial charge is 0.160 e. The molecule has 10 rings (SSSR count). The summed E-state index contributed by atoms with van der Waals surface area (Å²) in [6, 6.07) is 65.2. The summed E-state index contributed by atoms with van der Waals surface area (Å²) in [7, 11) is 0. The lowest BCUT2D eigenvalue weighted by Crippen LogP contribution is -1.97. The van der Waals surface area contributed by atoms with Gasteiger partial charge >= 0.3 is 0 Å². The molecule has 0 aliphatic heterocycles. The lowest BCUT2D eigenvalue weighted by Gasteiger charge is -2.17. The summed E-state index contributed by atoms with van der Waals surface area (Å²) in [6.07, 6.45) is 0. The van der Waals surface area contributed by atoms with Crippen LogP contribution in [0.25, 0.3) is 98.9 Å². The standard InChI is InChI=1S/C48H30N2/c1-2-14-33(15-3-1)48-49-45(36-23-22-31-12-4-5-16-34(31)28-36)30-46(50-48)41-26-27-42(40-21-11-10-20-39(40)41)47-38-19-9-7-17-35(38)29-44-37-18-8-6-13-32(37)24-25-43(44)47/h1-30H. The number of fused-ring (bicyclic) bond motifs is 6. The van der Waals surface area contributed by atoms with Crippen LogP contribution in [0.5, 0.6) is 0 Å². The van der Waals surface area contributed by atoms with Crippen molar-refractivity contribution in [1.82, 2.24) is 9.97 Å². The summed E-state index contributed by atoms with van der Waals surface area (Å²) >= 11 is 0. The molecule has 0 unspecified atom stereocenters. The van der Waals surface area contributed by atoms with E-state index in [0.29, 0.717) is 5.82 Å². The highest BCUT2D eigenvalue weighted by atomic mass is 14.9. The SMILES string of the molecule is c1ccc(-c2nc(-c3ccc4ccccc4c3)cc(-c3ccc(-c4c5ccccc5cc5c4ccc4ccccc45)c4ccccc34)n2)cc1. The van der Waals surface area contributed by atoms with Gasteiger partial charge in [0.15, 0.2) is 5.82 Å². The zero-order chi connectivity index (χ0) is 33.0. The van der Waals surface area contributed by atoms with E-state index in [0.717, 1.165) is 33.5 Å². The Balaban J connectivity index is 1.23. The van der Waals surface area contributed by atoms with E-state index in [-0.39, 0.29) is 0 Å². The Labute approximate surface area is 290 Å². The average molecular weight is 635 g/mol. The van der Waals surface area contributed by atoms with Gasteiger partial charge in [-0.2, -0.15) is 0 Å². The topological polar surface area (TPSA) is 25.8 Å². The van der Waals surface area contributed by atoms with Crippen molar-refractivity contribution < 1.29 is 0 Å². The highest BCUT2D eigenvalue weighted by molar-refractivity contribution is 6.23. The normalized spacial score (nSPS) is 11.6. The van der Waals surface area contributed by atoms with E-state index in [9.17, 15) is 0 Å². The van der Waals surface area contributed by atoms with Gasteiger partial charge in [0.25, 0.3) is 0 Å². The first-order valence-corrected chi connectivity index (χ1v) is 17.1. The molecular weight excluding hydrogens is 605 g/mol. The van der Waals surface area contributed by atoms with E-state index in [4.69, 9.17) is 9.97 Å². The summed E-state index contributed by atoms with van der Waals surface area (Å²) in [6.45, 7) is 0. The highest BCUT2D eigenvalue weighted by Crippen LogP contribution is 2.44. The Morgan fingerprint density at radius 1 is 0.280 bits per heavy atom. The molecule has 0 saturated heterocycles. The van der Waals surface area contributed by atoms with E-state index in [1.165, 1.54) is 59.6 Å². The molecule has 0 bridgehead atoms. The van der Waals surface area contributed by atoms with E-state index >= 15 is 0 Å². The Morgan fingerprint density at radius 2 is 0.880 bits per heavy atom. The Bertz CT molecular complexity index is 2920. The molecule has 0 fully saturated rings. The van der Waals surface area contributed by atoms with Crippen LogP contribution < -0.4 is 0 Å². The summed E-state index contributed by atoms with van der Waals surface area (Å²) in [4.78, 5) is 10.4. The average Bonchev–Trinajstić information content (AvgIpc) is 3.19. The van der Waals surface area contributed by atoms with Gasteiger partial charge in [-0.05, 0) is 83.2 Å². The number of hydrogen-bond acceptors (Lipinski definition) is 2. The third-order valence-electron chi connectivity index (χ3n) is 10.0. The Kier molecular flexibility index (Phi) is 6.53. The quantitative estimate of drug-likeness (QED) is 0.142. The molecule has 1 aromatic heterocycles. The summed E-state index contributed by atoms with van der Waals surface area (Å²) in [5.41, 5.74) is 7.43. The first kappa shape index (κ1) is 28.4. The van der Waals surface area contributed by atoms with Gasteiger partial charge in [-0.15, -0.1) is 0 Å². The molecule has 2 heteroatoms. The van der Waals surface area contributed by atoms with Gasteiger partial charge in [0.05, 0.1) is 11.4 Å². The van der Waals surface area contributed by atoms with Crippen LogP contribution in [0, 0.1) is 0 Å². The van der Waals surface area contributed by atoms with Crippen LogP contribution in [-0.4, -0.2) is 9.97 Å². The Morgan fingerprint density at radius 3 is 1.70 bits per heavy atom. The van der Waals surface area contributed by atoms with Crippen molar-refractivity contribution in [1.29, 1.82) is 0 Å². The van der Waals surface area contributed by atoms with E-state index in [1.807, 2.05) is 18.2 Å². The van der Waals surface area contributed by atoms with Gasteiger partial charge in [-0.3, -0.25) is 0 Å². The summed E-state index contributed by atoms with van der Waals surface area (Å²) in [5, 5.41) is 12.3. The minimum Gasteiger partial charge on any atom is -0.228 e. The van der Waals surface area contributed by atoms with Crippen LogP contribution in [0.1, 0.15) is 0 Å². The van der Waals surface area contributed by atoms with Gasteiger partial charge in [-0.1, -0.05) is 164 Å². The largest absolute Gasteiger partial charge is 0.228 e. The molecule has 0 aliphatic carbocycles. The van der Waals surface area contributed by atoms with Crippen molar-refractivity contribution >= 4 is 53.9 Å². The van der Waals surface area contributed by atoms with Crippen LogP contribution in [0.2, 0.25) is 0 Å². The van der Waals surface area contributed by atoms with Crippen molar-refractivity contribution in [3.05, 3.63) is 182 Å². The lowest BCUT2D eigenvalue weighted by molar-refractivity contribution is 1.19. The van der Waals surface area contributed by atoms with Crippen molar-refractivity contribution in [2.24, 2.45) is 0 Å². The van der Waals surface area contributed by atoms with E-state index in [1.54, 1.807) is 0 Å². The lowest BCUT2D eigenvalue weighted by atomic mass is 9.86. The molecule has 0 saturated carbocycles. The molecule has 0 spiro atoms. The molecule has 0 atom stereocenters. The number of rotatable bonds is 4. The predicted molar refractivity (Wildman–Crippen MR) is 211 cm³/mol. The van der Waals surface area contributed by atoms with Crippen LogP contribution >= 0.6 is 0 Å². The molecule has 2 nitrogen and oxygen atoms in total. The molecule has 10 aromatic rings. The second-order valence-electron chi connectivity index (χ2n) is 13.0. The molecule has 1 heterocycles. The molecule has 0 amide bonds. The summed E-state index contributed by atoms with van der Waals surface area (Å²) in [5.74, 6) is 0.714. The summed E-state index contributed by atoms with van der Waals surface area (Å²) < 4.78 is 0. The maximum atomic E-state index is 5.24. The van der Waals surface area contributed by atoms with Crippen molar-refractivity contribution in [2.75, 3.05) is 0 Å². The monoisotopic (exact) mass is 634 g/mol. The molecule has 50 heavy (non-hydrogen) atoms. The predicted octanol–water partition coefficient (Wildman–Crippen LogP) is 12.9. The molecule has 232 valence electrons. The van der Waals surface area contributed by atoms with Crippen molar-refractivity contribution in [3.63, 3.8) is 0 Å². The third-order valence-corrected chi connectivity index (χ3v) is 10.0. The Hall–Kier alpha value is -6.64. The maximum absolute atomic E-state index is 5.24. The van der Waals surface area contributed by atoms with Gasteiger partial charge in [0.2, 0.25) is 0 Å². The van der Waals surface area contributed by atoms with Crippen LogP contribution in [0.3, 0.4) is 0 Å². The van der Waals surface area contributed by atoms with Gasteiger partial charge in [-0.25, -0.2) is 9.97 Å². The number of aromatic nitrogens is 2. The fourth-order valence-electron chi connectivity index (χ4n) is 7.65. The minimum atomic E-state index is 0.714. The number of nitrogens with zero attached hydrogens (tertiary/aromatic N) is 2. The second-order valence-corrected chi connectivity index (χ2v) is 13.0. The number of hydrogen-bond donors (Lipinski definition) is 0. The van der Waals surface area contributed by atoms with Gasteiger partial charge in [0, 0.05) is 16.7 Å². The molecule has 0 aliphatic rings. The van der Waals surface area contributed by atoms with Crippen molar-refractivity contribution in [3.8, 4) is 45.0 Å². The zero-order valence-electron chi connectivity index (χ0n) is 27.2. The van der Waals surface area contributed by atoms with Crippen molar-refractivity contribution in [2.45, 2.75) is 0 Å². The van der Waals surface area contributed by atoms with E-state index < -0.39 is 0 Å². The molecule has 9 aromatic carbocycles. The highest BCUT2D eigenvalue weighted by Gasteiger charge is 2.18. The fraction of sp³-hybridized carbons (Fsp3) is 0.